The molecule has 0 aliphatic carbocycles. The first-order chi connectivity index (χ1) is 15.2. The third-order valence-electron chi connectivity index (χ3n) is 6.29. The summed E-state index contributed by atoms with van der Waals surface area (Å²) < 4.78 is 10.9. The van der Waals surface area contributed by atoms with Crippen LogP contribution in [0.5, 0.6) is 5.75 Å². The van der Waals surface area contributed by atoms with Gasteiger partial charge in [-0.3, -0.25) is 9.69 Å². The molecule has 178 valence electrons. The maximum atomic E-state index is 12.7. The van der Waals surface area contributed by atoms with Crippen molar-refractivity contribution in [2.75, 3.05) is 39.8 Å². The highest BCUT2D eigenvalue weighted by atomic mass is 16.6. The molecule has 1 aromatic carbocycles. The Morgan fingerprint density at radius 1 is 1.12 bits per heavy atom. The standard InChI is InChI=1S/C25H39N3O4/c1-25(2,3)32-24(30)28-14-10-19(11-15-28)16-23(29)26-18-22(27-12-5-6-13-27)20-8-7-9-21(17-20)31-4/h7-9,17,19,22H,5-6,10-16,18H2,1-4H3,(H,26,29). The summed E-state index contributed by atoms with van der Waals surface area (Å²) in [5, 5.41) is 3.18. The summed E-state index contributed by atoms with van der Waals surface area (Å²) in [6.07, 6.45) is 4.31. The van der Waals surface area contributed by atoms with Crippen molar-refractivity contribution in [2.24, 2.45) is 5.92 Å². The number of methoxy groups -OCH3 is 1. The van der Waals surface area contributed by atoms with Crippen LogP contribution < -0.4 is 10.1 Å². The van der Waals surface area contributed by atoms with Crippen LogP contribution in [0.2, 0.25) is 0 Å². The van der Waals surface area contributed by atoms with Crippen LogP contribution in [0.3, 0.4) is 0 Å². The van der Waals surface area contributed by atoms with Crippen LogP contribution in [-0.2, 0) is 9.53 Å². The quantitative estimate of drug-likeness (QED) is 0.687. The molecule has 0 bridgehead atoms. The first kappa shape index (κ1) is 24.4. The van der Waals surface area contributed by atoms with Crippen molar-refractivity contribution in [1.29, 1.82) is 0 Å². The predicted molar refractivity (Wildman–Crippen MR) is 125 cm³/mol. The van der Waals surface area contributed by atoms with Crippen molar-refractivity contribution in [3.63, 3.8) is 0 Å². The van der Waals surface area contributed by atoms with Crippen molar-refractivity contribution < 1.29 is 19.1 Å². The molecule has 2 amide bonds. The van der Waals surface area contributed by atoms with Gasteiger partial charge in [-0.25, -0.2) is 4.79 Å². The second kappa shape index (κ2) is 11.0. The number of ether oxygens (including phenoxy) is 2. The summed E-state index contributed by atoms with van der Waals surface area (Å²) in [7, 11) is 1.68. The Morgan fingerprint density at radius 2 is 1.81 bits per heavy atom. The van der Waals surface area contributed by atoms with Gasteiger partial charge in [0.25, 0.3) is 0 Å². The van der Waals surface area contributed by atoms with E-state index in [0.717, 1.165) is 31.7 Å². The minimum atomic E-state index is -0.484. The molecule has 3 rings (SSSR count). The Bertz CT molecular complexity index is 763. The first-order valence-electron chi connectivity index (χ1n) is 11.9. The lowest BCUT2D eigenvalue weighted by molar-refractivity contribution is -0.122. The molecule has 0 saturated carbocycles. The number of rotatable bonds is 7. The van der Waals surface area contributed by atoms with Gasteiger partial charge >= 0.3 is 6.09 Å². The van der Waals surface area contributed by atoms with Gasteiger partial charge in [-0.2, -0.15) is 0 Å². The van der Waals surface area contributed by atoms with Crippen LogP contribution in [0.15, 0.2) is 24.3 Å². The minimum absolute atomic E-state index is 0.0906. The summed E-state index contributed by atoms with van der Waals surface area (Å²) in [4.78, 5) is 29.2. The molecule has 1 atom stereocenters. The van der Waals surface area contributed by atoms with E-state index >= 15 is 0 Å². The third kappa shape index (κ3) is 7.12. The Kier molecular flexibility index (Phi) is 8.40. The molecule has 1 aromatic rings. The van der Waals surface area contributed by atoms with Crippen LogP contribution in [0.1, 0.15) is 64.5 Å². The topological polar surface area (TPSA) is 71.1 Å². The van der Waals surface area contributed by atoms with Gasteiger partial charge in [0.05, 0.1) is 13.2 Å². The lowest BCUT2D eigenvalue weighted by atomic mass is 9.93. The number of benzene rings is 1. The third-order valence-corrected chi connectivity index (χ3v) is 6.29. The zero-order valence-corrected chi connectivity index (χ0v) is 20.1. The largest absolute Gasteiger partial charge is 0.497 e. The molecule has 2 heterocycles. The second-order valence-electron chi connectivity index (χ2n) is 9.95. The number of hydrogen-bond acceptors (Lipinski definition) is 5. The fourth-order valence-electron chi connectivity index (χ4n) is 4.55. The molecule has 1 unspecified atom stereocenters. The Hall–Kier alpha value is -2.28. The number of carbonyl (C=O) groups is 2. The highest BCUT2D eigenvalue weighted by Crippen LogP contribution is 2.27. The maximum Gasteiger partial charge on any atom is 0.410 e. The number of carbonyl (C=O) groups excluding carboxylic acids is 2. The Balaban J connectivity index is 1.49. The molecule has 1 N–H and O–H groups in total. The van der Waals surface area contributed by atoms with E-state index in [0.29, 0.717) is 32.0 Å². The molecule has 32 heavy (non-hydrogen) atoms. The Labute approximate surface area is 192 Å². The molecule has 7 nitrogen and oxygen atoms in total. The minimum Gasteiger partial charge on any atom is -0.497 e. The number of hydrogen-bond donors (Lipinski definition) is 1. The number of piperidine rings is 1. The predicted octanol–water partition coefficient (Wildman–Crippen LogP) is 3.99. The van der Waals surface area contributed by atoms with Crippen molar-refractivity contribution >= 4 is 12.0 Å². The SMILES string of the molecule is COc1cccc(C(CNC(=O)CC2CCN(C(=O)OC(C)(C)C)CC2)N2CCCC2)c1. The van der Waals surface area contributed by atoms with E-state index in [1.54, 1.807) is 12.0 Å². The van der Waals surface area contributed by atoms with Gasteiger partial charge in [0, 0.05) is 26.1 Å². The molecule has 2 aliphatic heterocycles. The average molecular weight is 446 g/mol. The van der Waals surface area contributed by atoms with E-state index in [1.807, 2.05) is 32.9 Å². The summed E-state index contributed by atoms with van der Waals surface area (Å²) in [6.45, 7) is 9.64. The van der Waals surface area contributed by atoms with Gasteiger partial charge in [-0.1, -0.05) is 12.1 Å². The van der Waals surface area contributed by atoms with Crippen molar-refractivity contribution in [3.05, 3.63) is 29.8 Å². The maximum absolute atomic E-state index is 12.7. The zero-order valence-electron chi connectivity index (χ0n) is 20.1. The van der Waals surface area contributed by atoms with Gasteiger partial charge in [-0.15, -0.1) is 0 Å². The fraction of sp³-hybridized carbons (Fsp3) is 0.680. The number of amides is 2. The number of nitrogens with zero attached hydrogens (tertiary/aromatic N) is 2. The van der Waals surface area contributed by atoms with Gasteiger partial charge in [-0.05, 0) is 83.2 Å². The van der Waals surface area contributed by atoms with Crippen LogP contribution in [0, 0.1) is 5.92 Å². The molecular weight excluding hydrogens is 406 g/mol. The van der Waals surface area contributed by atoms with Gasteiger partial charge in [0.1, 0.15) is 11.4 Å². The van der Waals surface area contributed by atoms with E-state index in [1.165, 1.54) is 18.4 Å². The van der Waals surface area contributed by atoms with E-state index in [-0.39, 0.29) is 18.0 Å². The summed E-state index contributed by atoms with van der Waals surface area (Å²) in [6, 6.07) is 8.31. The number of likely N-dealkylation sites (tertiary alicyclic amines) is 2. The van der Waals surface area contributed by atoms with E-state index in [2.05, 4.69) is 22.3 Å². The van der Waals surface area contributed by atoms with Gasteiger partial charge in [0.2, 0.25) is 5.91 Å². The highest BCUT2D eigenvalue weighted by Gasteiger charge is 2.29. The lowest BCUT2D eigenvalue weighted by Crippen LogP contribution is -2.43. The van der Waals surface area contributed by atoms with E-state index in [4.69, 9.17) is 9.47 Å². The van der Waals surface area contributed by atoms with Crippen molar-refractivity contribution in [3.8, 4) is 5.75 Å². The number of nitrogens with one attached hydrogen (secondary N) is 1. The van der Waals surface area contributed by atoms with Crippen molar-refractivity contribution in [2.45, 2.75) is 64.5 Å². The second-order valence-corrected chi connectivity index (χ2v) is 9.95. The zero-order chi connectivity index (χ0) is 23.1. The molecule has 0 radical (unpaired) electrons. The summed E-state index contributed by atoms with van der Waals surface area (Å²) in [5.41, 5.74) is 0.694. The normalized spacial score (nSPS) is 18.9. The lowest BCUT2D eigenvalue weighted by Gasteiger charge is -2.33. The van der Waals surface area contributed by atoms with Crippen molar-refractivity contribution in [1.82, 2.24) is 15.1 Å². The summed E-state index contributed by atoms with van der Waals surface area (Å²) in [5.74, 6) is 1.23. The molecular formula is C25H39N3O4. The van der Waals surface area contributed by atoms with Gasteiger partial charge < -0.3 is 19.7 Å². The highest BCUT2D eigenvalue weighted by molar-refractivity contribution is 5.76. The van der Waals surface area contributed by atoms with Crippen LogP contribution in [0.4, 0.5) is 4.79 Å². The molecule has 0 aromatic heterocycles. The monoisotopic (exact) mass is 445 g/mol. The van der Waals surface area contributed by atoms with Crippen LogP contribution in [0.25, 0.3) is 0 Å². The molecule has 2 saturated heterocycles. The molecule has 2 aliphatic rings. The molecule has 7 heteroatoms. The average Bonchev–Trinajstić information content (AvgIpc) is 3.28. The van der Waals surface area contributed by atoms with Crippen LogP contribution >= 0.6 is 0 Å². The van der Waals surface area contributed by atoms with Gasteiger partial charge in [0.15, 0.2) is 0 Å². The first-order valence-corrected chi connectivity index (χ1v) is 11.9. The Morgan fingerprint density at radius 3 is 2.44 bits per heavy atom. The van der Waals surface area contributed by atoms with E-state index in [9.17, 15) is 9.59 Å². The fourth-order valence-corrected chi connectivity index (χ4v) is 4.55. The van der Waals surface area contributed by atoms with E-state index < -0.39 is 5.60 Å². The molecule has 0 spiro atoms. The summed E-state index contributed by atoms with van der Waals surface area (Å²) >= 11 is 0. The molecule has 2 fully saturated rings. The van der Waals surface area contributed by atoms with Crippen LogP contribution in [-0.4, -0.2) is 67.2 Å². The smallest absolute Gasteiger partial charge is 0.410 e.